The highest BCUT2D eigenvalue weighted by Gasteiger charge is 2.15. The second-order valence-corrected chi connectivity index (χ2v) is 4.94. The summed E-state index contributed by atoms with van der Waals surface area (Å²) >= 11 is 5.71. The molecule has 0 spiro atoms. The highest BCUT2D eigenvalue weighted by atomic mass is 35.5. The quantitative estimate of drug-likeness (QED) is 0.782. The monoisotopic (exact) mass is 268 g/mol. The number of phenols is 1. The molecule has 4 nitrogen and oxygen atoms in total. The van der Waals surface area contributed by atoms with Gasteiger partial charge in [0, 0.05) is 17.6 Å². The Bertz CT molecular complexity index is 431. The number of carbonyl (C=O) groups is 1. The Morgan fingerprint density at radius 2 is 2.39 bits per heavy atom. The van der Waals surface area contributed by atoms with E-state index in [1.54, 1.807) is 6.07 Å². The molecule has 0 radical (unpaired) electrons. The first-order chi connectivity index (χ1) is 8.66. The number of halogens is 1. The first-order valence-electron chi connectivity index (χ1n) is 6.17. The second kappa shape index (κ2) is 6.07. The van der Waals surface area contributed by atoms with Crippen LogP contribution in [-0.4, -0.2) is 30.1 Å². The number of hydrogen-bond acceptors (Lipinski definition) is 3. The molecule has 18 heavy (non-hydrogen) atoms. The lowest BCUT2D eigenvalue weighted by atomic mass is 10.1. The van der Waals surface area contributed by atoms with Gasteiger partial charge in [-0.05, 0) is 44.0 Å². The summed E-state index contributed by atoms with van der Waals surface area (Å²) < 4.78 is 0. The van der Waals surface area contributed by atoms with Crippen LogP contribution < -0.4 is 10.6 Å². The summed E-state index contributed by atoms with van der Waals surface area (Å²) in [5.41, 5.74) is 0.263. The number of aromatic hydroxyl groups is 1. The Morgan fingerprint density at radius 1 is 1.56 bits per heavy atom. The zero-order valence-electron chi connectivity index (χ0n) is 10.1. The van der Waals surface area contributed by atoms with Crippen LogP contribution in [0.15, 0.2) is 18.2 Å². The number of nitrogens with one attached hydrogen (secondary N) is 2. The third kappa shape index (κ3) is 3.37. The molecule has 1 aromatic rings. The van der Waals surface area contributed by atoms with Crippen LogP contribution in [0.1, 0.15) is 29.6 Å². The number of rotatable bonds is 4. The number of benzene rings is 1. The van der Waals surface area contributed by atoms with Gasteiger partial charge in [0.2, 0.25) is 0 Å². The van der Waals surface area contributed by atoms with Crippen molar-refractivity contribution in [3.63, 3.8) is 0 Å². The lowest BCUT2D eigenvalue weighted by Gasteiger charge is -2.11. The molecule has 1 saturated heterocycles. The van der Waals surface area contributed by atoms with Gasteiger partial charge in [-0.3, -0.25) is 4.79 Å². The van der Waals surface area contributed by atoms with E-state index >= 15 is 0 Å². The van der Waals surface area contributed by atoms with E-state index in [2.05, 4.69) is 10.6 Å². The number of amides is 1. The van der Waals surface area contributed by atoms with Gasteiger partial charge in [-0.25, -0.2) is 0 Å². The van der Waals surface area contributed by atoms with E-state index in [-0.39, 0.29) is 17.2 Å². The van der Waals surface area contributed by atoms with Crippen molar-refractivity contribution in [3.8, 4) is 5.75 Å². The zero-order valence-corrected chi connectivity index (χ0v) is 10.8. The van der Waals surface area contributed by atoms with Gasteiger partial charge in [0.1, 0.15) is 5.75 Å². The fraction of sp³-hybridized carbons (Fsp3) is 0.462. The van der Waals surface area contributed by atoms with Crippen molar-refractivity contribution in [2.24, 2.45) is 0 Å². The highest BCUT2D eigenvalue weighted by molar-refractivity contribution is 6.30. The molecular formula is C13H17ClN2O2. The maximum Gasteiger partial charge on any atom is 0.255 e. The molecule has 1 aliphatic heterocycles. The third-order valence-electron chi connectivity index (χ3n) is 3.15. The molecule has 1 aliphatic rings. The molecule has 1 amide bonds. The SMILES string of the molecule is O=C(NCCC1CCCN1)c1ccc(Cl)cc1O. The Kier molecular flexibility index (Phi) is 4.44. The topological polar surface area (TPSA) is 61.4 Å². The smallest absolute Gasteiger partial charge is 0.255 e. The minimum Gasteiger partial charge on any atom is -0.507 e. The first-order valence-corrected chi connectivity index (χ1v) is 6.54. The molecule has 0 bridgehead atoms. The van der Waals surface area contributed by atoms with E-state index in [0.29, 0.717) is 17.6 Å². The lowest BCUT2D eigenvalue weighted by molar-refractivity contribution is 0.0949. The molecule has 1 atom stereocenters. The maximum absolute atomic E-state index is 11.8. The summed E-state index contributed by atoms with van der Waals surface area (Å²) in [5.74, 6) is -0.346. The number of hydrogen-bond donors (Lipinski definition) is 3. The molecule has 98 valence electrons. The average molecular weight is 269 g/mol. The average Bonchev–Trinajstić information content (AvgIpc) is 2.81. The molecule has 1 aromatic carbocycles. The highest BCUT2D eigenvalue weighted by Crippen LogP contribution is 2.21. The fourth-order valence-electron chi connectivity index (χ4n) is 2.16. The largest absolute Gasteiger partial charge is 0.507 e. The van der Waals surface area contributed by atoms with E-state index < -0.39 is 0 Å². The molecule has 1 heterocycles. The molecule has 1 fully saturated rings. The van der Waals surface area contributed by atoms with Crippen LogP contribution in [0.25, 0.3) is 0 Å². The van der Waals surface area contributed by atoms with Crippen molar-refractivity contribution in [1.29, 1.82) is 0 Å². The third-order valence-corrected chi connectivity index (χ3v) is 3.38. The number of carbonyl (C=O) groups excluding carboxylic acids is 1. The van der Waals surface area contributed by atoms with E-state index in [0.717, 1.165) is 13.0 Å². The summed E-state index contributed by atoms with van der Waals surface area (Å²) in [6.45, 7) is 1.68. The maximum atomic E-state index is 11.8. The van der Waals surface area contributed by atoms with Crippen molar-refractivity contribution in [2.45, 2.75) is 25.3 Å². The summed E-state index contributed by atoms with van der Waals surface area (Å²) in [7, 11) is 0. The van der Waals surface area contributed by atoms with Gasteiger partial charge in [0.25, 0.3) is 5.91 Å². The van der Waals surface area contributed by atoms with Gasteiger partial charge in [0.05, 0.1) is 5.56 Å². The fourth-order valence-corrected chi connectivity index (χ4v) is 2.32. The molecule has 1 unspecified atom stereocenters. The molecule has 3 N–H and O–H groups in total. The molecule has 0 aromatic heterocycles. The molecule has 0 saturated carbocycles. The normalized spacial score (nSPS) is 18.8. The Hall–Kier alpha value is -1.26. The summed E-state index contributed by atoms with van der Waals surface area (Å²) in [6, 6.07) is 4.99. The van der Waals surface area contributed by atoms with Crippen LogP contribution in [0.4, 0.5) is 0 Å². The first kappa shape index (κ1) is 13.2. The van der Waals surface area contributed by atoms with Crippen molar-refractivity contribution >= 4 is 17.5 Å². The van der Waals surface area contributed by atoms with Gasteiger partial charge >= 0.3 is 0 Å². The van der Waals surface area contributed by atoms with Crippen LogP contribution in [-0.2, 0) is 0 Å². The van der Waals surface area contributed by atoms with Crippen molar-refractivity contribution in [2.75, 3.05) is 13.1 Å². The lowest BCUT2D eigenvalue weighted by Crippen LogP contribution is -2.30. The van der Waals surface area contributed by atoms with Crippen molar-refractivity contribution in [1.82, 2.24) is 10.6 Å². The van der Waals surface area contributed by atoms with Gasteiger partial charge in [0.15, 0.2) is 0 Å². The van der Waals surface area contributed by atoms with E-state index in [4.69, 9.17) is 11.6 Å². The van der Waals surface area contributed by atoms with Crippen molar-refractivity contribution < 1.29 is 9.90 Å². The van der Waals surface area contributed by atoms with Crippen LogP contribution in [0.2, 0.25) is 5.02 Å². The van der Waals surface area contributed by atoms with E-state index in [1.165, 1.54) is 25.0 Å². The van der Waals surface area contributed by atoms with E-state index in [9.17, 15) is 9.90 Å². The summed E-state index contributed by atoms with van der Waals surface area (Å²) in [6.07, 6.45) is 3.29. The Balaban J connectivity index is 1.83. The Morgan fingerprint density at radius 3 is 3.06 bits per heavy atom. The predicted molar refractivity (Wildman–Crippen MR) is 71.1 cm³/mol. The van der Waals surface area contributed by atoms with Gasteiger partial charge in [-0.15, -0.1) is 0 Å². The zero-order chi connectivity index (χ0) is 13.0. The second-order valence-electron chi connectivity index (χ2n) is 4.50. The van der Waals surface area contributed by atoms with Gasteiger partial charge in [-0.1, -0.05) is 11.6 Å². The minimum atomic E-state index is -0.262. The predicted octanol–water partition coefficient (Wildman–Crippen LogP) is 1.92. The van der Waals surface area contributed by atoms with Gasteiger partial charge in [-0.2, -0.15) is 0 Å². The van der Waals surface area contributed by atoms with Crippen molar-refractivity contribution in [3.05, 3.63) is 28.8 Å². The Labute approximate surface area is 111 Å². The van der Waals surface area contributed by atoms with Crippen LogP contribution >= 0.6 is 11.6 Å². The summed E-state index contributed by atoms with van der Waals surface area (Å²) in [5, 5.41) is 16.2. The molecule has 5 heteroatoms. The van der Waals surface area contributed by atoms with Crippen LogP contribution in [0, 0.1) is 0 Å². The molecular weight excluding hydrogens is 252 g/mol. The number of phenolic OH excluding ortho intramolecular Hbond substituents is 1. The molecule has 2 rings (SSSR count). The molecule has 0 aliphatic carbocycles. The standard InChI is InChI=1S/C13H17ClN2O2/c14-9-3-4-11(12(17)8-9)13(18)16-7-5-10-2-1-6-15-10/h3-4,8,10,15,17H,1-2,5-7H2,(H,16,18). The minimum absolute atomic E-state index is 0.0843. The van der Waals surface area contributed by atoms with Crippen LogP contribution in [0.5, 0.6) is 5.75 Å². The van der Waals surface area contributed by atoms with Crippen LogP contribution in [0.3, 0.4) is 0 Å². The van der Waals surface area contributed by atoms with E-state index in [1.807, 2.05) is 0 Å². The summed E-state index contributed by atoms with van der Waals surface area (Å²) in [4.78, 5) is 11.8. The van der Waals surface area contributed by atoms with Gasteiger partial charge < -0.3 is 15.7 Å².